The molecule has 84 valence electrons. The Morgan fingerprint density at radius 3 is 2.81 bits per heavy atom. The van der Waals surface area contributed by atoms with Crippen molar-refractivity contribution in [3.05, 3.63) is 29.3 Å². The second kappa shape index (κ2) is 3.01. The minimum Gasteiger partial charge on any atom is -0.370 e. The average Bonchev–Trinajstić information content (AvgIpc) is 3.07. The van der Waals surface area contributed by atoms with Crippen LogP contribution in [0.5, 0.6) is 0 Å². The van der Waals surface area contributed by atoms with Gasteiger partial charge in [0.2, 0.25) is 0 Å². The standard InChI is InChI=1S/C14H18N2/c1-2-13(16-9-14(10-16)4-5-14)7-12-8-15-6-3-11(1)12/h1-2,7,15H,3-6,8-10H2. The summed E-state index contributed by atoms with van der Waals surface area (Å²) in [5.41, 5.74) is 5.26. The Bertz CT molecular complexity index is 426. The molecular formula is C14H18N2. The van der Waals surface area contributed by atoms with Crippen LogP contribution in [0.25, 0.3) is 0 Å². The molecule has 1 saturated carbocycles. The lowest BCUT2D eigenvalue weighted by atomic mass is 9.94. The van der Waals surface area contributed by atoms with E-state index in [9.17, 15) is 0 Å². The highest BCUT2D eigenvalue weighted by atomic mass is 15.2. The minimum atomic E-state index is 0.758. The highest BCUT2D eigenvalue weighted by molar-refractivity contribution is 5.55. The van der Waals surface area contributed by atoms with Gasteiger partial charge in [0.1, 0.15) is 0 Å². The number of nitrogens with one attached hydrogen (secondary N) is 1. The largest absolute Gasteiger partial charge is 0.370 e. The second-order valence-electron chi connectivity index (χ2n) is 5.74. The summed E-state index contributed by atoms with van der Waals surface area (Å²) in [6.07, 6.45) is 4.13. The van der Waals surface area contributed by atoms with Crippen LogP contribution in [0.3, 0.4) is 0 Å². The molecule has 0 bridgehead atoms. The van der Waals surface area contributed by atoms with Gasteiger partial charge in [0.25, 0.3) is 0 Å². The number of hydrogen-bond donors (Lipinski definition) is 1. The van der Waals surface area contributed by atoms with Crippen LogP contribution in [0.4, 0.5) is 5.69 Å². The van der Waals surface area contributed by atoms with Crippen molar-refractivity contribution < 1.29 is 0 Å². The van der Waals surface area contributed by atoms with Crippen LogP contribution < -0.4 is 10.2 Å². The van der Waals surface area contributed by atoms with Crippen molar-refractivity contribution in [2.24, 2.45) is 5.41 Å². The highest BCUT2D eigenvalue weighted by Gasteiger charge is 2.52. The molecule has 2 fully saturated rings. The van der Waals surface area contributed by atoms with Gasteiger partial charge in [-0.1, -0.05) is 6.07 Å². The first-order valence-corrected chi connectivity index (χ1v) is 6.42. The van der Waals surface area contributed by atoms with E-state index in [1.807, 2.05) is 0 Å². The van der Waals surface area contributed by atoms with E-state index in [4.69, 9.17) is 0 Å². The van der Waals surface area contributed by atoms with Crippen molar-refractivity contribution in [2.45, 2.75) is 25.8 Å². The maximum absolute atomic E-state index is 3.45. The molecule has 1 aromatic rings. The molecule has 1 aliphatic carbocycles. The van der Waals surface area contributed by atoms with Gasteiger partial charge < -0.3 is 10.2 Å². The number of anilines is 1. The van der Waals surface area contributed by atoms with Gasteiger partial charge in [-0.2, -0.15) is 0 Å². The molecular weight excluding hydrogens is 196 g/mol. The van der Waals surface area contributed by atoms with Gasteiger partial charge in [-0.25, -0.2) is 0 Å². The SMILES string of the molecule is c1cc2c(cc1N1CC3(CC3)C1)CNCC2. The van der Waals surface area contributed by atoms with E-state index in [1.165, 1.54) is 43.6 Å². The molecule has 1 aromatic carbocycles. The lowest BCUT2D eigenvalue weighted by Gasteiger charge is -2.42. The third-order valence-corrected chi connectivity index (χ3v) is 4.45. The highest BCUT2D eigenvalue weighted by Crippen LogP contribution is 2.53. The van der Waals surface area contributed by atoms with E-state index >= 15 is 0 Å². The lowest BCUT2D eigenvalue weighted by molar-refractivity contribution is 0.387. The summed E-state index contributed by atoms with van der Waals surface area (Å²) < 4.78 is 0. The third-order valence-electron chi connectivity index (χ3n) is 4.45. The predicted octanol–water partition coefficient (Wildman–Crippen LogP) is 1.93. The summed E-state index contributed by atoms with van der Waals surface area (Å²) in [5, 5.41) is 3.45. The first kappa shape index (κ1) is 9.06. The average molecular weight is 214 g/mol. The van der Waals surface area contributed by atoms with Crippen molar-refractivity contribution in [1.82, 2.24) is 5.32 Å². The van der Waals surface area contributed by atoms with Gasteiger partial charge in [0, 0.05) is 30.7 Å². The summed E-state index contributed by atoms with van der Waals surface area (Å²) in [7, 11) is 0. The van der Waals surface area contributed by atoms with E-state index in [0.717, 1.165) is 18.5 Å². The molecule has 2 heteroatoms. The van der Waals surface area contributed by atoms with Crippen LogP contribution in [0.15, 0.2) is 18.2 Å². The first-order valence-electron chi connectivity index (χ1n) is 6.42. The second-order valence-corrected chi connectivity index (χ2v) is 5.74. The lowest BCUT2D eigenvalue weighted by Crippen LogP contribution is -2.48. The minimum absolute atomic E-state index is 0.758. The van der Waals surface area contributed by atoms with E-state index in [1.54, 1.807) is 5.56 Å². The maximum atomic E-state index is 3.45. The quantitative estimate of drug-likeness (QED) is 0.768. The monoisotopic (exact) mass is 214 g/mol. The van der Waals surface area contributed by atoms with E-state index < -0.39 is 0 Å². The molecule has 1 saturated heterocycles. The molecule has 0 radical (unpaired) electrons. The molecule has 1 N–H and O–H groups in total. The van der Waals surface area contributed by atoms with Crippen LogP contribution in [0.1, 0.15) is 24.0 Å². The van der Waals surface area contributed by atoms with E-state index in [-0.39, 0.29) is 0 Å². The van der Waals surface area contributed by atoms with Gasteiger partial charge in [0.05, 0.1) is 0 Å². The molecule has 2 nitrogen and oxygen atoms in total. The van der Waals surface area contributed by atoms with Crippen molar-refractivity contribution >= 4 is 5.69 Å². The number of hydrogen-bond acceptors (Lipinski definition) is 2. The molecule has 0 aromatic heterocycles. The summed E-state index contributed by atoms with van der Waals surface area (Å²) in [5.74, 6) is 0. The summed E-state index contributed by atoms with van der Waals surface area (Å²) in [6, 6.07) is 7.06. The van der Waals surface area contributed by atoms with Crippen LogP contribution in [0.2, 0.25) is 0 Å². The van der Waals surface area contributed by atoms with Crippen LogP contribution in [-0.2, 0) is 13.0 Å². The maximum Gasteiger partial charge on any atom is 0.0370 e. The smallest absolute Gasteiger partial charge is 0.0370 e. The van der Waals surface area contributed by atoms with Gasteiger partial charge in [-0.15, -0.1) is 0 Å². The normalized spacial score (nSPS) is 25.1. The zero-order valence-corrected chi connectivity index (χ0v) is 9.63. The number of rotatable bonds is 1. The van der Waals surface area contributed by atoms with Crippen LogP contribution in [-0.4, -0.2) is 19.6 Å². The van der Waals surface area contributed by atoms with Crippen molar-refractivity contribution in [3.8, 4) is 0 Å². The predicted molar refractivity (Wildman–Crippen MR) is 65.7 cm³/mol. The van der Waals surface area contributed by atoms with Gasteiger partial charge >= 0.3 is 0 Å². The Morgan fingerprint density at radius 2 is 2.00 bits per heavy atom. The molecule has 0 unspecified atom stereocenters. The van der Waals surface area contributed by atoms with Crippen molar-refractivity contribution in [2.75, 3.05) is 24.5 Å². The Labute approximate surface area is 96.6 Å². The fraction of sp³-hybridized carbons (Fsp3) is 0.571. The Kier molecular flexibility index (Phi) is 1.70. The number of nitrogens with zero attached hydrogens (tertiary/aromatic N) is 1. The molecule has 4 rings (SSSR count). The van der Waals surface area contributed by atoms with Gasteiger partial charge in [-0.05, 0) is 49.1 Å². The zero-order valence-electron chi connectivity index (χ0n) is 9.63. The zero-order chi connectivity index (χ0) is 10.6. The molecule has 0 atom stereocenters. The molecule has 3 aliphatic rings. The Balaban J connectivity index is 1.59. The van der Waals surface area contributed by atoms with E-state index in [0.29, 0.717) is 0 Å². The molecule has 2 heterocycles. The molecule has 1 spiro atoms. The van der Waals surface area contributed by atoms with Gasteiger partial charge in [-0.3, -0.25) is 0 Å². The van der Waals surface area contributed by atoms with E-state index in [2.05, 4.69) is 28.4 Å². The Morgan fingerprint density at radius 1 is 1.12 bits per heavy atom. The number of benzene rings is 1. The third kappa shape index (κ3) is 1.29. The first-order chi connectivity index (χ1) is 7.85. The topological polar surface area (TPSA) is 15.3 Å². The molecule has 2 aliphatic heterocycles. The van der Waals surface area contributed by atoms with Crippen LogP contribution in [0, 0.1) is 5.41 Å². The van der Waals surface area contributed by atoms with Gasteiger partial charge in [0.15, 0.2) is 0 Å². The summed E-state index contributed by atoms with van der Waals surface area (Å²) in [6.45, 7) is 4.81. The molecule has 16 heavy (non-hydrogen) atoms. The number of fused-ring (bicyclic) bond motifs is 1. The fourth-order valence-electron chi connectivity index (χ4n) is 3.10. The fourth-order valence-corrected chi connectivity index (χ4v) is 3.10. The van der Waals surface area contributed by atoms with Crippen LogP contribution >= 0.6 is 0 Å². The van der Waals surface area contributed by atoms with Crippen molar-refractivity contribution in [1.29, 1.82) is 0 Å². The molecule has 0 amide bonds. The van der Waals surface area contributed by atoms with Crippen molar-refractivity contribution in [3.63, 3.8) is 0 Å². The Hall–Kier alpha value is -1.02. The summed E-state index contributed by atoms with van der Waals surface area (Å²) >= 11 is 0. The summed E-state index contributed by atoms with van der Waals surface area (Å²) in [4.78, 5) is 2.54.